The molecule has 0 bridgehead atoms. The van der Waals surface area contributed by atoms with Crippen LogP contribution in [0, 0.1) is 11.8 Å². The first-order valence-corrected chi connectivity index (χ1v) is 18.7. The fraction of sp³-hybridized carbons (Fsp3) is 0.400. The largest absolute Gasteiger partial charge is 0.386 e. The van der Waals surface area contributed by atoms with Crippen molar-refractivity contribution in [3.63, 3.8) is 0 Å². The Hall–Kier alpha value is -2.85. The van der Waals surface area contributed by atoms with Crippen molar-refractivity contribution < 1.29 is 26.3 Å². The molecule has 6 rings (SSSR count). The van der Waals surface area contributed by atoms with Crippen LogP contribution in [0.15, 0.2) is 83.9 Å². The van der Waals surface area contributed by atoms with Crippen molar-refractivity contribution in [1.29, 1.82) is 0 Å². The first kappa shape index (κ1) is 33.5. The van der Waals surface area contributed by atoms with Crippen molar-refractivity contribution in [2.45, 2.75) is 66.9 Å². The zero-order valence-electron chi connectivity index (χ0n) is 25.8. The third kappa shape index (κ3) is 5.93. The molecule has 2 fully saturated rings. The molecule has 0 amide bonds. The summed E-state index contributed by atoms with van der Waals surface area (Å²) in [6, 6.07) is 20.7. The Morgan fingerprint density at radius 3 is 2.02 bits per heavy atom. The Labute approximate surface area is 271 Å². The first-order chi connectivity index (χ1) is 20.6. The van der Waals surface area contributed by atoms with Crippen molar-refractivity contribution in [3.8, 4) is 11.1 Å². The maximum Gasteiger partial charge on any atom is 0.175 e. The van der Waals surface area contributed by atoms with Crippen molar-refractivity contribution in [2.24, 2.45) is 11.8 Å². The van der Waals surface area contributed by atoms with E-state index < -0.39 is 35.7 Å². The van der Waals surface area contributed by atoms with Gasteiger partial charge < -0.3 is 5.11 Å². The molecular weight excluding hydrogens is 633 g/mol. The molecule has 1 aromatic heterocycles. The maximum absolute atomic E-state index is 17.9. The van der Waals surface area contributed by atoms with Crippen molar-refractivity contribution in [2.75, 3.05) is 12.5 Å². The molecule has 0 aliphatic heterocycles. The molecule has 1 atom stereocenters. The Morgan fingerprint density at radius 2 is 1.47 bits per heavy atom. The highest BCUT2D eigenvalue weighted by molar-refractivity contribution is 7.91. The van der Waals surface area contributed by atoms with Gasteiger partial charge in [-0.15, -0.1) is 12.4 Å². The highest BCUT2D eigenvalue weighted by atomic mass is 35.5. The normalized spacial score (nSPS) is 17.5. The van der Waals surface area contributed by atoms with Gasteiger partial charge in [0.2, 0.25) is 0 Å². The molecular formula is C35H39ClFNO5S2. The molecule has 6 nitrogen and oxygen atoms in total. The smallest absolute Gasteiger partial charge is 0.175 e. The lowest BCUT2D eigenvalue weighted by Crippen LogP contribution is -2.54. The van der Waals surface area contributed by atoms with Gasteiger partial charge in [-0.05, 0) is 104 Å². The fourth-order valence-electron chi connectivity index (χ4n) is 6.57. The van der Waals surface area contributed by atoms with E-state index in [1.54, 1.807) is 20.0 Å². The number of nitrogens with zero attached hydrogens (tertiary/aromatic N) is 1. The van der Waals surface area contributed by atoms with Gasteiger partial charge in [0.15, 0.2) is 25.3 Å². The molecule has 2 aliphatic rings. The summed E-state index contributed by atoms with van der Waals surface area (Å²) in [7, 11) is -6.93. The predicted molar refractivity (Wildman–Crippen MR) is 179 cm³/mol. The zero-order valence-corrected chi connectivity index (χ0v) is 28.3. The molecule has 4 aromatic rings. The van der Waals surface area contributed by atoms with Crippen molar-refractivity contribution in [1.82, 2.24) is 4.98 Å². The highest BCUT2D eigenvalue weighted by Crippen LogP contribution is 2.61. The van der Waals surface area contributed by atoms with E-state index in [-0.39, 0.29) is 41.1 Å². The number of alkyl halides is 1. The van der Waals surface area contributed by atoms with Gasteiger partial charge in [-0.2, -0.15) is 0 Å². The van der Waals surface area contributed by atoms with Crippen LogP contribution >= 0.6 is 12.4 Å². The van der Waals surface area contributed by atoms with E-state index in [0.717, 1.165) is 48.5 Å². The molecule has 0 saturated heterocycles. The monoisotopic (exact) mass is 671 g/mol. The molecule has 10 heteroatoms. The van der Waals surface area contributed by atoms with E-state index >= 15 is 4.39 Å². The van der Waals surface area contributed by atoms with E-state index in [1.807, 2.05) is 48.5 Å². The molecule has 0 spiro atoms. The molecule has 2 saturated carbocycles. The quantitative estimate of drug-likeness (QED) is 0.196. The standard InChI is InChI=1S/C35H38FNO5S2.ClH/c1-33(2,44(4,41)42)29-20-25-9-6-18-37-32(25)31(21-29)24-8-5-7-23(19-24)22-34(36,35(38,27-10-11-27)28-12-13-28)26-14-16-30(17-15-26)43(3,39)40;/h5-9,14-21,27-28,38H,10-13,22H2,1-4H3;1H. The third-order valence-corrected chi connectivity index (χ3v) is 13.0. The summed E-state index contributed by atoms with van der Waals surface area (Å²) in [5.41, 5.74) is 0.00561. The minimum absolute atomic E-state index is 0. The Balaban J connectivity index is 0.00000400. The summed E-state index contributed by atoms with van der Waals surface area (Å²) >= 11 is 0. The second-order valence-corrected chi connectivity index (χ2v) is 17.8. The number of fused-ring (bicyclic) bond motifs is 1. The van der Waals surface area contributed by atoms with Gasteiger partial charge in [-0.3, -0.25) is 4.98 Å². The summed E-state index contributed by atoms with van der Waals surface area (Å²) in [5, 5.41) is 13.0. The number of benzene rings is 3. The van der Waals surface area contributed by atoms with Gasteiger partial charge in [0, 0.05) is 36.1 Å². The second kappa shape index (κ2) is 11.4. The zero-order chi connectivity index (χ0) is 31.7. The topological polar surface area (TPSA) is 101 Å². The Kier molecular flexibility index (Phi) is 8.52. The number of hydrogen-bond acceptors (Lipinski definition) is 6. The van der Waals surface area contributed by atoms with Crippen molar-refractivity contribution in [3.05, 3.63) is 95.7 Å². The van der Waals surface area contributed by atoms with Gasteiger partial charge in [-0.25, -0.2) is 21.2 Å². The highest BCUT2D eigenvalue weighted by Gasteiger charge is 2.65. The molecule has 45 heavy (non-hydrogen) atoms. The number of aromatic nitrogens is 1. The van der Waals surface area contributed by atoms with Crippen LogP contribution in [0.1, 0.15) is 56.2 Å². The van der Waals surface area contributed by atoms with Crippen LogP contribution in [0.25, 0.3) is 22.0 Å². The molecule has 0 radical (unpaired) electrons. The van der Waals surface area contributed by atoms with E-state index in [1.165, 1.54) is 30.5 Å². The third-order valence-electron chi connectivity index (χ3n) is 9.79. The Bertz CT molecular complexity index is 1960. The van der Waals surface area contributed by atoms with Crippen LogP contribution < -0.4 is 0 Å². The van der Waals surface area contributed by atoms with Crippen LogP contribution in [0.3, 0.4) is 0 Å². The molecule has 2 aliphatic carbocycles. The SMILES string of the molecule is CC(C)(c1cc(-c2cccc(CC(F)(c3ccc(S(C)(=O)=O)cc3)C(O)(C3CC3)C3CC3)c2)c2ncccc2c1)S(C)(=O)=O.Cl. The number of sulfone groups is 2. The molecule has 1 unspecified atom stereocenters. The van der Waals surface area contributed by atoms with Crippen LogP contribution in [0.4, 0.5) is 4.39 Å². The average Bonchev–Trinajstić information content (AvgIpc) is 3.88. The van der Waals surface area contributed by atoms with Gasteiger partial charge in [0.1, 0.15) is 5.60 Å². The number of pyridine rings is 1. The number of rotatable bonds is 10. The van der Waals surface area contributed by atoms with Gasteiger partial charge >= 0.3 is 0 Å². The minimum atomic E-state index is -3.47. The van der Waals surface area contributed by atoms with Crippen LogP contribution in [-0.4, -0.2) is 45.0 Å². The molecule has 1 heterocycles. The van der Waals surface area contributed by atoms with Gasteiger partial charge in [0.05, 0.1) is 15.2 Å². The molecule has 1 N–H and O–H groups in total. The van der Waals surface area contributed by atoms with E-state index in [0.29, 0.717) is 16.6 Å². The summed E-state index contributed by atoms with van der Waals surface area (Å²) < 4.78 is 66.6. The number of halogens is 2. The predicted octanol–water partition coefficient (Wildman–Crippen LogP) is 6.97. The van der Waals surface area contributed by atoms with Crippen LogP contribution in [0.2, 0.25) is 0 Å². The second-order valence-electron chi connectivity index (χ2n) is 13.2. The summed E-state index contributed by atoms with van der Waals surface area (Å²) in [6.07, 6.45) is 6.93. The van der Waals surface area contributed by atoms with Crippen LogP contribution in [0.5, 0.6) is 0 Å². The number of aliphatic hydroxyl groups is 1. The van der Waals surface area contributed by atoms with Crippen LogP contribution in [-0.2, 0) is 36.5 Å². The molecule has 240 valence electrons. The lowest BCUT2D eigenvalue weighted by atomic mass is 9.69. The summed E-state index contributed by atoms with van der Waals surface area (Å²) in [6.45, 7) is 3.37. The summed E-state index contributed by atoms with van der Waals surface area (Å²) in [5.74, 6) is -0.332. The van der Waals surface area contributed by atoms with Gasteiger partial charge in [0.25, 0.3) is 0 Å². The van der Waals surface area contributed by atoms with Crippen molar-refractivity contribution >= 4 is 43.0 Å². The molecule has 3 aromatic carbocycles. The lowest BCUT2D eigenvalue weighted by Gasteiger charge is -2.43. The summed E-state index contributed by atoms with van der Waals surface area (Å²) in [4.78, 5) is 4.71. The maximum atomic E-state index is 17.9. The average molecular weight is 672 g/mol. The lowest BCUT2D eigenvalue weighted by molar-refractivity contribution is -0.140. The van der Waals surface area contributed by atoms with E-state index in [9.17, 15) is 21.9 Å². The first-order valence-electron chi connectivity index (χ1n) is 15.0. The minimum Gasteiger partial charge on any atom is -0.386 e. The number of hydrogen-bond donors (Lipinski definition) is 1. The fourth-order valence-corrected chi connectivity index (χ4v) is 7.75. The van der Waals surface area contributed by atoms with E-state index in [4.69, 9.17) is 0 Å². The van der Waals surface area contributed by atoms with Gasteiger partial charge in [-0.1, -0.05) is 42.5 Å². The Morgan fingerprint density at radius 1 is 0.844 bits per heavy atom. The van der Waals surface area contributed by atoms with E-state index in [2.05, 4.69) is 4.98 Å².